The Morgan fingerprint density at radius 2 is 2.08 bits per heavy atom. The number of halogens is 2. The Hall–Kier alpha value is -0.960. The normalized spacial score (nSPS) is 31.8. The second-order valence-corrected chi connectivity index (χ2v) is 3.85. The van der Waals surface area contributed by atoms with Crippen molar-refractivity contribution in [2.24, 2.45) is 5.73 Å². The lowest BCUT2D eigenvalue weighted by Crippen LogP contribution is -2.16. The van der Waals surface area contributed by atoms with Crippen molar-refractivity contribution in [3.05, 3.63) is 35.4 Å². The predicted molar refractivity (Wildman–Crippen MR) is 46.3 cm³/mol. The van der Waals surface area contributed by atoms with Gasteiger partial charge in [-0.1, -0.05) is 6.92 Å². The second-order valence-electron chi connectivity index (χ2n) is 3.85. The summed E-state index contributed by atoms with van der Waals surface area (Å²) in [7, 11) is 0. The van der Waals surface area contributed by atoms with Gasteiger partial charge in [-0.15, -0.1) is 0 Å². The highest BCUT2D eigenvalue weighted by molar-refractivity contribution is 5.36. The Labute approximate surface area is 75.6 Å². The topological polar surface area (TPSA) is 26.0 Å². The van der Waals surface area contributed by atoms with Crippen LogP contribution in [0.4, 0.5) is 8.78 Å². The predicted octanol–water partition coefficient (Wildman–Crippen LogP) is 1.95. The largest absolute Gasteiger partial charge is 0.327 e. The van der Waals surface area contributed by atoms with Crippen LogP contribution in [-0.2, 0) is 5.41 Å². The van der Waals surface area contributed by atoms with Crippen molar-refractivity contribution in [1.82, 2.24) is 0 Å². The van der Waals surface area contributed by atoms with Gasteiger partial charge in [0, 0.05) is 11.5 Å². The fourth-order valence-corrected chi connectivity index (χ4v) is 1.64. The molecule has 1 aliphatic rings. The monoisotopic (exact) mass is 183 g/mol. The molecule has 0 radical (unpaired) electrons. The lowest BCUT2D eigenvalue weighted by Gasteiger charge is -2.10. The molecule has 2 N–H and O–H groups in total. The molecule has 1 nitrogen and oxygen atoms in total. The van der Waals surface area contributed by atoms with Gasteiger partial charge < -0.3 is 5.73 Å². The molecule has 13 heavy (non-hydrogen) atoms. The van der Waals surface area contributed by atoms with Crippen molar-refractivity contribution in [3.8, 4) is 0 Å². The summed E-state index contributed by atoms with van der Waals surface area (Å²) in [5.41, 5.74) is 5.71. The van der Waals surface area contributed by atoms with Crippen LogP contribution in [0.1, 0.15) is 18.9 Å². The van der Waals surface area contributed by atoms with Crippen molar-refractivity contribution < 1.29 is 8.78 Å². The van der Waals surface area contributed by atoms with Gasteiger partial charge in [0.05, 0.1) is 0 Å². The highest BCUT2D eigenvalue weighted by Gasteiger charge is 2.50. The molecular weight excluding hydrogens is 172 g/mol. The van der Waals surface area contributed by atoms with Gasteiger partial charge in [0.15, 0.2) is 0 Å². The number of hydrogen-bond acceptors (Lipinski definition) is 1. The Bertz CT molecular complexity index is 351. The van der Waals surface area contributed by atoms with E-state index in [4.69, 9.17) is 5.73 Å². The second kappa shape index (κ2) is 2.51. The molecule has 2 rings (SSSR count). The Balaban J connectivity index is 2.46. The molecule has 0 amide bonds. The van der Waals surface area contributed by atoms with Crippen LogP contribution >= 0.6 is 0 Å². The van der Waals surface area contributed by atoms with Crippen molar-refractivity contribution in [2.45, 2.75) is 24.8 Å². The zero-order valence-corrected chi connectivity index (χ0v) is 7.35. The van der Waals surface area contributed by atoms with Gasteiger partial charge >= 0.3 is 0 Å². The van der Waals surface area contributed by atoms with E-state index in [0.29, 0.717) is 5.56 Å². The van der Waals surface area contributed by atoms with Crippen LogP contribution in [0.15, 0.2) is 18.2 Å². The first-order chi connectivity index (χ1) is 6.04. The first kappa shape index (κ1) is 8.63. The molecule has 1 aliphatic carbocycles. The van der Waals surface area contributed by atoms with Gasteiger partial charge in [0.25, 0.3) is 0 Å². The van der Waals surface area contributed by atoms with E-state index in [1.165, 1.54) is 6.07 Å². The van der Waals surface area contributed by atoms with Gasteiger partial charge in [0.1, 0.15) is 11.6 Å². The fourth-order valence-electron chi connectivity index (χ4n) is 1.64. The zero-order chi connectivity index (χ0) is 9.64. The summed E-state index contributed by atoms with van der Waals surface area (Å²) in [5.74, 6) is -0.770. The van der Waals surface area contributed by atoms with Gasteiger partial charge in [-0.05, 0) is 30.2 Å². The summed E-state index contributed by atoms with van der Waals surface area (Å²) in [6.45, 7) is 1.86. The molecule has 3 heteroatoms. The Morgan fingerprint density at radius 3 is 2.62 bits per heavy atom. The molecule has 0 saturated heterocycles. The van der Waals surface area contributed by atoms with E-state index in [1.807, 2.05) is 6.92 Å². The van der Waals surface area contributed by atoms with Gasteiger partial charge in [-0.3, -0.25) is 0 Å². The molecule has 1 saturated carbocycles. The van der Waals surface area contributed by atoms with Crippen LogP contribution in [0.5, 0.6) is 0 Å². The quantitative estimate of drug-likeness (QED) is 0.707. The van der Waals surface area contributed by atoms with Crippen molar-refractivity contribution in [2.75, 3.05) is 0 Å². The molecular formula is C10H11F2N. The molecule has 0 heterocycles. The first-order valence-electron chi connectivity index (χ1n) is 4.25. The maximum absolute atomic E-state index is 13.3. The van der Waals surface area contributed by atoms with E-state index in [9.17, 15) is 8.78 Å². The summed E-state index contributed by atoms with van der Waals surface area (Å²) >= 11 is 0. The van der Waals surface area contributed by atoms with E-state index in [2.05, 4.69) is 0 Å². The lowest BCUT2D eigenvalue weighted by atomic mass is 9.97. The number of nitrogens with two attached hydrogens (primary N) is 1. The molecule has 1 aromatic carbocycles. The summed E-state index contributed by atoms with van der Waals surface area (Å²) < 4.78 is 26.1. The summed E-state index contributed by atoms with van der Waals surface area (Å²) in [5, 5.41) is 0. The first-order valence-corrected chi connectivity index (χ1v) is 4.25. The lowest BCUT2D eigenvalue weighted by molar-refractivity contribution is 0.560. The molecule has 70 valence electrons. The SMILES string of the molecule is C[C@]1(c2cc(F)ccc2F)C[C@@H]1N. The smallest absolute Gasteiger partial charge is 0.127 e. The maximum atomic E-state index is 13.3. The van der Waals surface area contributed by atoms with Crippen LogP contribution in [0.3, 0.4) is 0 Å². The molecule has 0 aromatic heterocycles. The third-order valence-electron chi connectivity index (χ3n) is 2.85. The molecule has 0 spiro atoms. The van der Waals surface area contributed by atoms with E-state index >= 15 is 0 Å². The van der Waals surface area contributed by atoms with Crippen molar-refractivity contribution >= 4 is 0 Å². The van der Waals surface area contributed by atoms with Crippen LogP contribution < -0.4 is 5.73 Å². The van der Waals surface area contributed by atoms with Crippen LogP contribution in [0.25, 0.3) is 0 Å². The maximum Gasteiger partial charge on any atom is 0.127 e. The van der Waals surface area contributed by atoms with E-state index < -0.39 is 5.82 Å². The average molecular weight is 183 g/mol. The van der Waals surface area contributed by atoms with E-state index in [0.717, 1.165) is 18.6 Å². The molecule has 0 unspecified atom stereocenters. The minimum atomic E-state index is -0.406. The molecule has 1 fully saturated rings. The number of rotatable bonds is 1. The van der Waals surface area contributed by atoms with Crippen molar-refractivity contribution in [1.29, 1.82) is 0 Å². The highest BCUT2D eigenvalue weighted by Crippen LogP contribution is 2.47. The highest BCUT2D eigenvalue weighted by atomic mass is 19.1. The average Bonchev–Trinajstić information content (AvgIpc) is 2.66. The van der Waals surface area contributed by atoms with E-state index in [1.54, 1.807) is 0 Å². The minimum Gasteiger partial charge on any atom is -0.327 e. The molecule has 2 atom stereocenters. The van der Waals surface area contributed by atoms with Crippen molar-refractivity contribution in [3.63, 3.8) is 0 Å². The van der Waals surface area contributed by atoms with Crippen LogP contribution in [0.2, 0.25) is 0 Å². The molecule has 0 bridgehead atoms. The number of hydrogen-bond donors (Lipinski definition) is 1. The Kier molecular flexibility index (Phi) is 1.67. The fraction of sp³-hybridized carbons (Fsp3) is 0.400. The number of benzene rings is 1. The third-order valence-corrected chi connectivity index (χ3v) is 2.85. The summed E-state index contributed by atoms with van der Waals surface area (Å²) in [6, 6.07) is 3.47. The van der Waals surface area contributed by atoms with Crippen LogP contribution in [-0.4, -0.2) is 6.04 Å². The van der Waals surface area contributed by atoms with Gasteiger partial charge in [-0.2, -0.15) is 0 Å². The third kappa shape index (κ3) is 1.23. The van der Waals surface area contributed by atoms with Crippen LogP contribution in [0, 0.1) is 11.6 Å². The molecule has 0 aliphatic heterocycles. The standard InChI is InChI=1S/C10H11F2N/c1-10(5-9(10)13)7-4-6(11)2-3-8(7)12/h2-4,9H,5,13H2,1H3/t9-,10+/m0/s1. The van der Waals surface area contributed by atoms with Gasteiger partial charge in [-0.25, -0.2) is 8.78 Å². The Morgan fingerprint density at radius 1 is 1.46 bits per heavy atom. The van der Waals surface area contributed by atoms with E-state index in [-0.39, 0.29) is 17.3 Å². The van der Waals surface area contributed by atoms with Gasteiger partial charge in [0.2, 0.25) is 0 Å². The molecule has 1 aromatic rings. The minimum absolute atomic E-state index is 0.0381. The zero-order valence-electron chi connectivity index (χ0n) is 7.35. The summed E-state index contributed by atoms with van der Waals surface area (Å²) in [6.07, 6.45) is 0.730. The summed E-state index contributed by atoms with van der Waals surface area (Å²) in [4.78, 5) is 0.